The minimum absolute atomic E-state index is 0.0171. The third kappa shape index (κ3) is 9.26. The molecule has 0 aliphatic carbocycles. The van der Waals surface area contributed by atoms with Gasteiger partial charge in [-0.05, 0) is 69.5 Å². The fraction of sp³-hybridized carbons (Fsp3) is 0.700. The molecule has 1 aromatic carbocycles. The van der Waals surface area contributed by atoms with Crippen molar-refractivity contribution in [1.29, 1.82) is 0 Å². The molecule has 0 aliphatic heterocycles. The van der Waals surface area contributed by atoms with Crippen molar-refractivity contribution in [3.63, 3.8) is 0 Å². The molecule has 1 atom stereocenters. The zero-order valence-electron chi connectivity index (χ0n) is 15.6. The van der Waals surface area contributed by atoms with E-state index in [1.165, 1.54) is 17.7 Å². The van der Waals surface area contributed by atoms with Crippen LogP contribution < -0.4 is 4.74 Å². The van der Waals surface area contributed by atoms with Crippen LogP contribution in [0.5, 0.6) is 5.75 Å². The van der Waals surface area contributed by atoms with Crippen molar-refractivity contribution in [3.8, 4) is 5.75 Å². The van der Waals surface area contributed by atoms with E-state index in [1.807, 2.05) is 11.8 Å². The topological polar surface area (TPSA) is 18.5 Å². The Labute approximate surface area is 147 Å². The van der Waals surface area contributed by atoms with Gasteiger partial charge in [0.05, 0.1) is 12.2 Å². The van der Waals surface area contributed by atoms with Gasteiger partial charge in [0.2, 0.25) is 0 Å². The number of hydrogen-bond donors (Lipinski definition) is 0. The number of ether oxygens (including phenoxy) is 2. The van der Waals surface area contributed by atoms with E-state index >= 15 is 0 Å². The molecule has 0 N–H and O–H groups in total. The van der Waals surface area contributed by atoms with Crippen molar-refractivity contribution in [2.75, 3.05) is 19.0 Å². The third-order valence-corrected chi connectivity index (χ3v) is 4.92. The zero-order chi connectivity index (χ0) is 17.1. The second kappa shape index (κ2) is 11.0. The summed E-state index contributed by atoms with van der Waals surface area (Å²) in [5, 5.41) is 0. The van der Waals surface area contributed by atoms with E-state index in [4.69, 9.17) is 9.47 Å². The highest BCUT2D eigenvalue weighted by atomic mass is 32.2. The minimum atomic E-state index is 0.0171. The molecule has 3 heteroatoms. The van der Waals surface area contributed by atoms with Crippen LogP contribution in [0.4, 0.5) is 0 Å². The molecule has 0 aliphatic rings. The van der Waals surface area contributed by atoms with Crippen molar-refractivity contribution in [3.05, 3.63) is 24.3 Å². The Kier molecular flexibility index (Phi) is 9.73. The van der Waals surface area contributed by atoms with Gasteiger partial charge in [0.25, 0.3) is 0 Å². The van der Waals surface area contributed by atoms with Gasteiger partial charge < -0.3 is 9.47 Å². The first-order valence-corrected chi connectivity index (χ1v) is 9.95. The predicted molar refractivity (Wildman–Crippen MR) is 102 cm³/mol. The minimum Gasteiger partial charge on any atom is -0.494 e. The van der Waals surface area contributed by atoms with Gasteiger partial charge in [-0.15, -0.1) is 11.8 Å². The fourth-order valence-electron chi connectivity index (χ4n) is 2.66. The Morgan fingerprint density at radius 3 is 2.39 bits per heavy atom. The third-order valence-electron chi connectivity index (χ3n) is 4.02. The summed E-state index contributed by atoms with van der Waals surface area (Å²) < 4.78 is 11.6. The highest BCUT2D eigenvalue weighted by Crippen LogP contribution is 2.23. The first-order valence-electron chi connectivity index (χ1n) is 8.96. The van der Waals surface area contributed by atoms with Gasteiger partial charge in [0.1, 0.15) is 5.75 Å². The molecule has 0 spiro atoms. The lowest BCUT2D eigenvalue weighted by Crippen LogP contribution is -2.24. The Hall–Kier alpha value is -0.670. The van der Waals surface area contributed by atoms with Gasteiger partial charge in [-0.25, -0.2) is 0 Å². The average Bonchev–Trinajstić information content (AvgIpc) is 2.49. The van der Waals surface area contributed by atoms with Crippen LogP contribution in [0.3, 0.4) is 0 Å². The van der Waals surface area contributed by atoms with E-state index in [1.54, 1.807) is 0 Å². The van der Waals surface area contributed by atoms with E-state index in [0.29, 0.717) is 5.92 Å². The molecule has 23 heavy (non-hydrogen) atoms. The summed E-state index contributed by atoms with van der Waals surface area (Å²) in [4.78, 5) is 1.31. The zero-order valence-corrected chi connectivity index (χ0v) is 16.4. The van der Waals surface area contributed by atoms with Crippen molar-refractivity contribution in [2.45, 2.75) is 70.8 Å². The van der Waals surface area contributed by atoms with Crippen LogP contribution in [0.2, 0.25) is 0 Å². The molecule has 2 nitrogen and oxygen atoms in total. The van der Waals surface area contributed by atoms with Crippen molar-refractivity contribution in [1.82, 2.24) is 0 Å². The molecule has 1 rings (SSSR count). The molecule has 0 bridgehead atoms. The van der Waals surface area contributed by atoms with Gasteiger partial charge in [0, 0.05) is 11.5 Å². The van der Waals surface area contributed by atoms with Gasteiger partial charge in [-0.2, -0.15) is 0 Å². The predicted octanol–water partition coefficient (Wildman–Crippen LogP) is 6.19. The Balaban J connectivity index is 2.17. The van der Waals surface area contributed by atoms with Crippen LogP contribution in [-0.2, 0) is 4.74 Å². The fourth-order valence-corrected chi connectivity index (χ4v) is 3.32. The molecule has 0 saturated heterocycles. The summed E-state index contributed by atoms with van der Waals surface area (Å²) in [5.41, 5.74) is 0.0171. The van der Waals surface area contributed by atoms with Gasteiger partial charge in [0.15, 0.2) is 0 Å². The standard InChI is InChI=1S/C20H34O2S/c1-6-22-20(4,5)15-8-9-17(3)14-16-21-18-10-12-19(13-11-18)23-7-2/h10-13,17H,6-9,14-16H2,1-5H3. The first kappa shape index (κ1) is 20.4. The van der Waals surface area contributed by atoms with Crippen LogP contribution >= 0.6 is 11.8 Å². The number of hydrogen-bond acceptors (Lipinski definition) is 3. The summed E-state index contributed by atoms with van der Waals surface area (Å²) >= 11 is 1.86. The normalized spacial score (nSPS) is 13.1. The van der Waals surface area contributed by atoms with Crippen LogP contribution in [-0.4, -0.2) is 24.6 Å². The summed E-state index contributed by atoms with van der Waals surface area (Å²) in [5.74, 6) is 2.79. The molecule has 0 heterocycles. The highest BCUT2D eigenvalue weighted by molar-refractivity contribution is 7.99. The van der Waals surface area contributed by atoms with E-state index < -0.39 is 0 Å². The second-order valence-electron chi connectivity index (χ2n) is 6.73. The molecular weight excluding hydrogens is 304 g/mol. The van der Waals surface area contributed by atoms with Gasteiger partial charge >= 0.3 is 0 Å². The van der Waals surface area contributed by atoms with Gasteiger partial charge in [-0.1, -0.05) is 26.7 Å². The molecular formula is C20H34O2S. The lowest BCUT2D eigenvalue weighted by atomic mass is 9.95. The molecule has 0 saturated carbocycles. The van der Waals surface area contributed by atoms with Crippen LogP contribution in [0, 0.1) is 5.92 Å². The maximum atomic E-state index is 5.86. The van der Waals surface area contributed by atoms with E-state index in [9.17, 15) is 0 Å². The number of rotatable bonds is 12. The molecule has 0 aromatic heterocycles. The summed E-state index contributed by atoms with van der Waals surface area (Å²) in [6.07, 6.45) is 4.70. The lowest BCUT2D eigenvalue weighted by molar-refractivity contribution is -0.0183. The van der Waals surface area contributed by atoms with E-state index in [0.717, 1.165) is 37.6 Å². The smallest absolute Gasteiger partial charge is 0.119 e. The monoisotopic (exact) mass is 338 g/mol. The number of thioether (sulfide) groups is 1. The van der Waals surface area contributed by atoms with Crippen molar-refractivity contribution in [2.24, 2.45) is 5.92 Å². The Morgan fingerprint density at radius 2 is 1.78 bits per heavy atom. The quantitative estimate of drug-likeness (QED) is 0.423. The van der Waals surface area contributed by atoms with Crippen LogP contribution in [0.1, 0.15) is 60.3 Å². The summed E-state index contributed by atoms with van der Waals surface area (Å²) in [6, 6.07) is 8.44. The Morgan fingerprint density at radius 1 is 1.09 bits per heavy atom. The highest BCUT2D eigenvalue weighted by Gasteiger charge is 2.17. The molecule has 1 unspecified atom stereocenters. The summed E-state index contributed by atoms with van der Waals surface area (Å²) in [6.45, 7) is 12.5. The largest absolute Gasteiger partial charge is 0.494 e. The molecule has 0 fully saturated rings. The van der Waals surface area contributed by atoms with Crippen LogP contribution in [0.15, 0.2) is 29.2 Å². The lowest BCUT2D eigenvalue weighted by Gasteiger charge is -2.25. The van der Waals surface area contributed by atoms with Crippen molar-refractivity contribution < 1.29 is 9.47 Å². The maximum Gasteiger partial charge on any atom is 0.119 e. The SMILES string of the molecule is CCOC(C)(C)CCCC(C)CCOc1ccc(SCC)cc1. The Bertz CT molecular complexity index is 414. The number of benzene rings is 1. The molecule has 0 radical (unpaired) electrons. The van der Waals surface area contributed by atoms with Crippen LogP contribution in [0.25, 0.3) is 0 Å². The maximum absolute atomic E-state index is 5.86. The molecule has 132 valence electrons. The van der Waals surface area contributed by atoms with Gasteiger partial charge in [-0.3, -0.25) is 0 Å². The second-order valence-corrected chi connectivity index (χ2v) is 8.07. The summed E-state index contributed by atoms with van der Waals surface area (Å²) in [7, 11) is 0. The van der Waals surface area contributed by atoms with Crippen molar-refractivity contribution >= 4 is 11.8 Å². The van der Waals surface area contributed by atoms with E-state index in [-0.39, 0.29) is 5.60 Å². The molecule has 1 aromatic rings. The average molecular weight is 339 g/mol. The molecule has 0 amide bonds. The van der Waals surface area contributed by atoms with E-state index in [2.05, 4.69) is 58.9 Å². The first-order chi connectivity index (χ1) is 11.0.